The number of nitrogens with one attached hydrogen (secondary N) is 1. The van der Waals surface area contributed by atoms with E-state index in [0.717, 1.165) is 9.20 Å². The average Bonchev–Trinajstić information content (AvgIpc) is 2.98. The van der Waals surface area contributed by atoms with Crippen LogP contribution >= 0.6 is 11.8 Å². The van der Waals surface area contributed by atoms with E-state index in [1.54, 1.807) is 43.3 Å². The normalized spacial score (nSPS) is 11.9. The van der Waals surface area contributed by atoms with Crippen molar-refractivity contribution >= 4 is 39.3 Å². The Balaban J connectivity index is 2.02. The highest BCUT2D eigenvalue weighted by atomic mass is 32.2. The number of carbonyl (C=O) groups excluding carboxylic acids is 2. The predicted molar refractivity (Wildman–Crippen MR) is 160 cm³/mol. The van der Waals surface area contributed by atoms with Gasteiger partial charge in [-0.05, 0) is 92.8 Å². The molecular weight excluding hydrogens is 565 g/mol. The first-order valence-electron chi connectivity index (χ1n) is 13.3. The lowest BCUT2D eigenvalue weighted by Crippen LogP contribution is -2.51. The smallest absolute Gasteiger partial charge is 0.264 e. The van der Waals surface area contributed by atoms with Crippen molar-refractivity contribution in [2.45, 2.75) is 49.6 Å². The second-order valence-electron chi connectivity index (χ2n) is 9.23. The summed E-state index contributed by atoms with van der Waals surface area (Å²) in [5, 5.41) is 2.79. The highest BCUT2D eigenvalue weighted by Crippen LogP contribution is 2.28. The van der Waals surface area contributed by atoms with Crippen LogP contribution in [0.25, 0.3) is 0 Å². The van der Waals surface area contributed by atoms with Crippen LogP contribution in [-0.4, -0.2) is 57.1 Å². The zero-order chi connectivity index (χ0) is 30.0. The Kier molecular flexibility index (Phi) is 11.6. The molecule has 0 bridgehead atoms. The summed E-state index contributed by atoms with van der Waals surface area (Å²) < 4.78 is 48.0. The van der Waals surface area contributed by atoms with Crippen molar-refractivity contribution in [2.75, 3.05) is 30.3 Å². The van der Waals surface area contributed by atoms with Gasteiger partial charge in [0.2, 0.25) is 11.8 Å². The summed E-state index contributed by atoms with van der Waals surface area (Å²) in [6.45, 7) is 5.64. The van der Waals surface area contributed by atoms with Gasteiger partial charge in [-0.1, -0.05) is 19.1 Å². The summed E-state index contributed by atoms with van der Waals surface area (Å²) >= 11 is 1.48. The molecule has 1 N–H and O–H groups in total. The van der Waals surface area contributed by atoms with Gasteiger partial charge in [0.15, 0.2) is 0 Å². The molecule has 11 heteroatoms. The van der Waals surface area contributed by atoms with Gasteiger partial charge in [-0.3, -0.25) is 13.9 Å². The molecule has 0 aliphatic carbocycles. The number of benzene rings is 3. The van der Waals surface area contributed by atoms with Crippen LogP contribution < -0.4 is 14.4 Å². The Morgan fingerprint density at radius 1 is 0.976 bits per heavy atom. The second kappa shape index (κ2) is 14.9. The minimum absolute atomic E-state index is 0.0145. The Hall–Kier alpha value is -3.57. The van der Waals surface area contributed by atoms with Gasteiger partial charge < -0.3 is 15.0 Å². The molecule has 0 fully saturated rings. The van der Waals surface area contributed by atoms with Crippen molar-refractivity contribution in [3.63, 3.8) is 0 Å². The van der Waals surface area contributed by atoms with Gasteiger partial charge in [0.25, 0.3) is 10.0 Å². The standard InChI is InChI=1S/C30H36FN3O5S2/c1-5-19-32-30(36)22(3)33(20-23-7-9-24(31)10-8-23)29(35)21-34(25-11-13-26(14-12-25)39-6-2)41(37,38)28-17-15-27(40-4)16-18-28/h7-18,22H,5-6,19-21H2,1-4H3,(H,32,36)/t22-/m1/s1. The molecule has 220 valence electrons. The number of hydrogen-bond acceptors (Lipinski definition) is 6. The Bertz CT molecular complexity index is 1400. The van der Waals surface area contributed by atoms with Crippen molar-refractivity contribution in [1.29, 1.82) is 0 Å². The molecule has 41 heavy (non-hydrogen) atoms. The van der Waals surface area contributed by atoms with E-state index in [-0.39, 0.29) is 23.0 Å². The highest BCUT2D eigenvalue weighted by molar-refractivity contribution is 7.98. The van der Waals surface area contributed by atoms with Crippen LogP contribution in [0.4, 0.5) is 10.1 Å². The number of amides is 2. The van der Waals surface area contributed by atoms with Gasteiger partial charge >= 0.3 is 0 Å². The summed E-state index contributed by atoms with van der Waals surface area (Å²) in [7, 11) is -4.19. The first-order valence-corrected chi connectivity index (χ1v) is 16.0. The lowest BCUT2D eigenvalue weighted by atomic mass is 10.1. The van der Waals surface area contributed by atoms with Crippen LogP contribution in [0.15, 0.2) is 82.6 Å². The lowest BCUT2D eigenvalue weighted by molar-refractivity contribution is -0.139. The van der Waals surface area contributed by atoms with E-state index in [9.17, 15) is 22.4 Å². The molecule has 0 aromatic heterocycles. The fraction of sp³-hybridized carbons (Fsp3) is 0.333. The molecule has 3 aromatic rings. The maximum absolute atomic E-state index is 13.9. The highest BCUT2D eigenvalue weighted by Gasteiger charge is 2.32. The van der Waals surface area contributed by atoms with E-state index in [2.05, 4.69) is 5.32 Å². The minimum Gasteiger partial charge on any atom is -0.494 e. The van der Waals surface area contributed by atoms with Crippen molar-refractivity contribution in [2.24, 2.45) is 0 Å². The van der Waals surface area contributed by atoms with Crippen LogP contribution in [0, 0.1) is 5.82 Å². The molecule has 3 rings (SSSR count). The van der Waals surface area contributed by atoms with Crippen LogP contribution in [0.1, 0.15) is 32.8 Å². The van der Waals surface area contributed by atoms with E-state index in [4.69, 9.17) is 4.74 Å². The molecule has 1 atom stereocenters. The molecule has 0 saturated carbocycles. The van der Waals surface area contributed by atoms with E-state index in [0.29, 0.717) is 30.9 Å². The molecule has 0 unspecified atom stereocenters. The first-order chi connectivity index (χ1) is 19.6. The van der Waals surface area contributed by atoms with Crippen LogP contribution in [-0.2, 0) is 26.2 Å². The zero-order valence-electron chi connectivity index (χ0n) is 23.7. The van der Waals surface area contributed by atoms with Gasteiger partial charge in [0.1, 0.15) is 24.2 Å². The molecular formula is C30H36FN3O5S2. The molecule has 2 amide bonds. The third kappa shape index (κ3) is 8.46. The quantitative estimate of drug-likeness (QED) is 0.259. The number of rotatable bonds is 14. The van der Waals surface area contributed by atoms with Crippen LogP contribution in [0.3, 0.4) is 0 Å². The summed E-state index contributed by atoms with van der Waals surface area (Å²) in [4.78, 5) is 29.0. The van der Waals surface area contributed by atoms with Crippen molar-refractivity contribution in [3.05, 3.63) is 84.2 Å². The van der Waals surface area contributed by atoms with Gasteiger partial charge in [-0.15, -0.1) is 11.8 Å². The summed E-state index contributed by atoms with van der Waals surface area (Å²) in [6.07, 6.45) is 2.60. The zero-order valence-corrected chi connectivity index (χ0v) is 25.3. The molecule has 3 aromatic carbocycles. The van der Waals surface area contributed by atoms with E-state index < -0.39 is 34.3 Å². The molecule has 0 saturated heterocycles. The van der Waals surface area contributed by atoms with Gasteiger partial charge in [-0.25, -0.2) is 12.8 Å². The van der Waals surface area contributed by atoms with Crippen LogP contribution in [0.2, 0.25) is 0 Å². The second-order valence-corrected chi connectivity index (χ2v) is 12.0. The Morgan fingerprint density at radius 3 is 2.17 bits per heavy atom. The van der Waals surface area contributed by atoms with Crippen LogP contribution in [0.5, 0.6) is 5.75 Å². The number of hydrogen-bond donors (Lipinski definition) is 1. The summed E-state index contributed by atoms with van der Waals surface area (Å²) in [5.41, 5.74) is 0.860. The lowest BCUT2D eigenvalue weighted by Gasteiger charge is -2.32. The van der Waals surface area contributed by atoms with Gasteiger partial charge in [0.05, 0.1) is 17.2 Å². The third-order valence-electron chi connectivity index (χ3n) is 6.34. The van der Waals surface area contributed by atoms with Crippen molar-refractivity contribution in [1.82, 2.24) is 10.2 Å². The Morgan fingerprint density at radius 2 is 1.61 bits per heavy atom. The van der Waals surface area contributed by atoms with E-state index in [1.165, 1.54) is 53.1 Å². The van der Waals surface area contributed by atoms with Gasteiger partial charge in [0, 0.05) is 18.0 Å². The first kappa shape index (κ1) is 32.0. The fourth-order valence-electron chi connectivity index (χ4n) is 4.04. The van der Waals surface area contributed by atoms with Crippen molar-refractivity contribution < 1.29 is 27.1 Å². The largest absolute Gasteiger partial charge is 0.494 e. The maximum Gasteiger partial charge on any atom is 0.264 e. The van der Waals surface area contributed by atoms with Gasteiger partial charge in [-0.2, -0.15) is 0 Å². The minimum atomic E-state index is -4.19. The fourth-order valence-corrected chi connectivity index (χ4v) is 5.87. The number of sulfonamides is 1. The third-order valence-corrected chi connectivity index (χ3v) is 8.88. The number of anilines is 1. The molecule has 0 spiro atoms. The maximum atomic E-state index is 13.9. The molecule has 0 aliphatic rings. The number of nitrogens with zero attached hydrogens (tertiary/aromatic N) is 2. The molecule has 8 nitrogen and oxygen atoms in total. The topological polar surface area (TPSA) is 96.0 Å². The van der Waals surface area contributed by atoms with E-state index >= 15 is 0 Å². The van der Waals surface area contributed by atoms with Crippen molar-refractivity contribution in [3.8, 4) is 5.75 Å². The predicted octanol–water partition coefficient (Wildman–Crippen LogP) is 5.09. The number of ether oxygens (including phenoxy) is 1. The Labute approximate surface area is 245 Å². The number of carbonyl (C=O) groups is 2. The van der Waals surface area contributed by atoms with E-state index in [1.807, 2.05) is 20.1 Å². The summed E-state index contributed by atoms with van der Waals surface area (Å²) in [5.74, 6) is -0.832. The molecule has 0 heterocycles. The number of thioether (sulfide) groups is 1. The number of halogens is 1. The molecule has 0 radical (unpaired) electrons. The summed E-state index contributed by atoms with van der Waals surface area (Å²) in [6, 6.07) is 17.5. The molecule has 0 aliphatic heterocycles. The monoisotopic (exact) mass is 601 g/mol. The average molecular weight is 602 g/mol. The SMILES string of the molecule is CCCNC(=O)[C@@H](C)N(Cc1ccc(F)cc1)C(=O)CN(c1ccc(OCC)cc1)S(=O)(=O)c1ccc(SC)cc1.